The summed E-state index contributed by atoms with van der Waals surface area (Å²) in [5, 5.41) is 7.32. The number of imidazole rings is 1. The van der Waals surface area contributed by atoms with Gasteiger partial charge in [-0.25, -0.2) is 15.0 Å². The van der Waals surface area contributed by atoms with Crippen LogP contribution in [-0.4, -0.2) is 79.9 Å². The lowest BCUT2D eigenvalue weighted by atomic mass is 10.2. The van der Waals surface area contributed by atoms with E-state index in [0.717, 1.165) is 60.7 Å². The third-order valence-corrected chi connectivity index (χ3v) is 5.81. The molecule has 0 aromatic carbocycles. The number of piperazine rings is 1. The topological polar surface area (TPSA) is 131 Å². The van der Waals surface area contributed by atoms with Crippen LogP contribution in [0.25, 0.3) is 22.9 Å². The van der Waals surface area contributed by atoms with Gasteiger partial charge in [0.1, 0.15) is 35.5 Å². The molecule has 2 aliphatic heterocycles. The van der Waals surface area contributed by atoms with Crippen molar-refractivity contribution in [2.45, 2.75) is 26.3 Å². The van der Waals surface area contributed by atoms with Crippen molar-refractivity contribution in [3.63, 3.8) is 0 Å². The van der Waals surface area contributed by atoms with Crippen molar-refractivity contribution in [1.82, 2.24) is 34.6 Å². The molecule has 3 N–H and O–H groups in total. The smallest absolute Gasteiger partial charge is 0.231 e. The first kappa shape index (κ1) is 20.4. The Balaban J connectivity index is 1.39. The van der Waals surface area contributed by atoms with Crippen LogP contribution in [0.15, 0.2) is 18.5 Å². The minimum atomic E-state index is -0.296. The van der Waals surface area contributed by atoms with Gasteiger partial charge in [-0.1, -0.05) is 13.8 Å². The zero-order valence-corrected chi connectivity index (χ0v) is 18.3. The highest BCUT2D eigenvalue weighted by Crippen LogP contribution is 2.35. The summed E-state index contributed by atoms with van der Waals surface area (Å²) in [7, 11) is 0. The minimum Gasteiger partial charge on any atom is -0.491 e. The lowest BCUT2D eigenvalue weighted by Gasteiger charge is -2.34. The molecule has 11 nitrogen and oxygen atoms in total. The molecule has 0 spiro atoms. The molecule has 0 aliphatic carbocycles. The number of H-pyrrole nitrogens is 1. The van der Waals surface area contributed by atoms with E-state index >= 15 is 0 Å². The van der Waals surface area contributed by atoms with Gasteiger partial charge >= 0.3 is 0 Å². The van der Waals surface area contributed by atoms with Crippen LogP contribution in [-0.2, 0) is 11.3 Å². The average molecular weight is 438 g/mol. The molecule has 5 heterocycles. The highest BCUT2D eigenvalue weighted by Gasteiger charge is 2.24. The molecule has 1 saturated heterocycles. The van der Waals surface area contributed by atoms with Gasteiger partial charge < -0.3 is 19.9 Å². The molecule has 0 unspecified atom stereocenters. The van der Waals surface area contributed by atoms with Crippen molar-refractivity contribution in [2.24, 2.45) is 5.73 Å². The number of fused-ring (bicyclic) bond motifs is 3. The van der Waals surface area contributed by atoms with Crippen LogP contribution in [0.3, 0.4) is 0 Å². The number of aromatic nitrogens is 6. The van der Waals surface area contributed by atoms with E-state index in [1.54, 1.807) is 0 Å². The van der Waals surface area contributed by atoms with Gasteiger partial charge in [0.2, 0.25) is 11.7 Å². The number of hydrogen-bond donors (Lipinski definition) is 2. The second kappa shape index (κ2) is 8.23. The van der Waals surface area contributed by atoms with Crippen LogP contribution in [0.2, 0.25) is 0 Å². The Kier molecular flexibility index (Phi) is 5.25. The maximum absolute atomic E-state index is 11.2. The molecule has 5 rings (SSSR count). The first-order valence-electron chi connectivity index (χ1n) is 10.9. The second-order valence-electron chi connectivity index (χ2n) is 8.46. The molecule has 0 radical (unpaired) electrons. The summed E-state index contributed by atoms with van der Waals surface area (Å²) < 4.78 is 8.11. The van der Waals surface area contributed by atoms with Crippen molar-refractivity contribution < 1.29 is 9.53 Å². The van der Waals surface area contributed by atoms with Crippen molar-refractivity contribution in [3.8, 4) is 28.7 Å². The molecule has 0 bridgehead atoms. The van der Waals surface area contributed by atoms with Crippen molar-refractivity contribution >= 4 is 11.7 Å². The number of hydrogen-bond acceptors (Lipinski definition) is 8. The maximum Gasteiger partial charge on any atom is 0.231 e. The summed E-state index contributed by atoms with van der Waals surface area (Å²) in [5.74, 6) is 3.83. The number of carbonyl (C=O) groups excluding carboxylic acids is 1. The van der Waals surface area contributed by atoms with Gasteiger partial charge in [-0.05, 0) is 0 Å². The van der Waals surface area contributed by atoms with E-state index in [9.17, 15) is 4.79 Å². The molecule has 0 atom stereocenters. The van der Waals surface area contributed by atoms with Crippen LogP contribution >= 0.6 is 0 Å². The molecule has 1 amide bonds. The third kappa shape index (κ3) is 3.91. The number of primary amides is 1. The average Bonchev–Trinajstić information content (AvgIpc) is 3.38. The van der Waals surface area contributed by atoms with Gasteiger partial charge in [0.05, 0.1) is 18.7 Å². The van der Waals surface area contributed by atoms with Crippen LogP contribution in [0, 0.1) is 0 Å². The first-order chi connectivity index (χ1) is 15.5. The zero-order valence-electron chi connectivity index (χ0n) is 18.3. The van der Waals surface area contributed by atoms with Crippen molar-refractivity contribution in [2.75, 3.05) is 44.2 Å². The highest BCUT2D eigenvalue weighted by atomic mass is 16.5. The number of carbonyl (C=O) groups is 1. The highest BCUT2D eigenvalue weighted by molar-refractivity contribution is 5.76. The minimum absolute atomic E-state index is 0.270. The summed E-state index contributed by atoms with van der Waals surface area (Å²) in [6, 6.07) is 1.98. The Morgan fingerprint density at radius 1 is 1.22 bits per heavy atom. The van der Waals surface area contributed by atoms with Crippen LogP contribution in [0.5, 0.6) is 5.75 Å². The summed E-state index contributed by atoms with van der Waals surface area (Å²) in [6.45, 7) is 8.75. The summed E-state index contributed by atoms with van der Waals surface area (Å²) in [5.41, 5.74) is 6.89. The standard InChI is InChI=1S/C21H27N9O2/c1-13(2)19-25-20(27-26-19)15-11-30-7-8-32-16-9-18(23-10-14(16)21(30)24-15)29-5-3-28(4-6-29)12-17(22)31/h9-11,13H,3-8,12H2,1-2H3,(H2,22,31)(H,25,26,27). The number of nitrogens with zero attached hydrogens (tertiary/aromatic N) is 7. The largest absolute Gasteiger partial charge is 0.491 e. The quantitative estimate of drug-likeness (QED) is 0.601. The summed E-state index contributed by atoms with van der Waals surface area (Å²) in [6.07, 6.45) is 3.79. The molecule has 1 fully saturated rings. The van der Waals surface area contributed by atoms with E-state index < -0.39 is 0 Å². The van der Waals surface area contributed by atoms with E-state index in [1.807, 2.05) is 18.5 Å². The number of pyridine rings is 1. The van der Waals surface area contributed by atoms with Gasteiger partial charge in [0, 0.05) is 50.6 Å². The predicted molar refractivity (Wildman–Crippen MR) is 118 cm³/mol. The van der Waals surface area contributed by atoms with Crippen molar-refractivity contribution in [3.05, 3.63) is 24.3 Å². The van der Waals surface area contributed by atoms with E-state index in [4.69, 9.17) is 20.4 Å². The van der Waals surface area contributed by atoms with E-state index in [2.05, 4.69) is 43.4 Å². The zero-order chi connectivity index (χ0) is 22.2. The normalized spacial score (nSPS) is 16.4. The number of anilines is 1. The lowest BCUT2D eigenvalue weighted by Crippen LogP contribution is -2.49. The molecule has 3 aromatic heterocycles. The second-order valence-corrected chi connectivity index (χ2v) is 8.46. The summed E-state index contributed by atoms with van der Waals surface area (Å²) >= 11 is 0. The number of amides is 1. The first-order valence-corrected chi connectivity index (χ1v) is 10.9. The Hall–Kier alpha value is -3.47. The summed E-state index contributed by atoms with van der Waals surface area (Å²) in [4.78, 5) is 29.5. The van der Waals surface area contributed by atoms with Gasteiger partial charge in [0.25, 0.3) is 0 Å². The Morgan fingerprint density at radius 2 is 2.03 bits per heavy atom. The number of ether oxygens (including phenoxy) is 1. The molecule has 11 heteroatoms. The van der Waals surface area contributed by atoms with E-state index in [1.165, 1.54) is 0 Å². The fourth-order valence-electron chi connectivity index (χ4n) is 4.05. The number of nitrogens with one attached hydrogen (secondary N) is 1. The fraction of sp³-hybridized carbons (Fsp3) is 0.476. The maximum atomic E-state index is 11.2. The monoisotopic (exact) mass is 437 g/mol. The van der Waals surface area contributed by atoms with Gasteiger partial charge in [-0.3, -0.25) is 14.8 Å². The Labute approximate surface area is 185 Å². The third-order valence-electron chi connectivity index (χ3n) is 5.81. The van der Waals surface area contributed by atoms with Crippen LogP contribution < -0.4 is 15.4 Å². The molecular formula is C21H27N9O2. The number of aromatic amines is 1. The van der Waals surface area contributed by atoms with Crippen LogP contribution in [0.1, 0.15) is 25.6 Å². The Morgan fingerprint density at radius 3 is 2.75 bits per heavy atom. The van der Waals surface area contributed by atoms with Crippen molar-refractivity contribution in [1.29, 1.82) is 0 Å². The van der Waals surface area contributed by atoms with Gasteiger partial charge in [-0.2, -0.15) is 5.10 Å². The number of rotatable bonds is 5. The molecule has 2 aliphatic rings. The van der Waals surface area contributed by atoms with Crippen LogP contribution in [0.4, 0.5) is 5.82 Å². The lowest BCUT2D eigenvalue weighted by molar-refractivity contribution is -0.119. The van der Waals surface area contributed by atoms with E-state index in [-0.39, 0.29) is 11.8 Å². The predicted octanol–water partition coefficient (Wildman–Crippen LogP) is 0.853. The molecule has 0 saturated carbocycles. The van der Waals surface area contributed by atoms with Gasteiger partial charge in [-0.15, -0.1) is 0 Å². The molecule has 32 heavy (non-hydrogen) atoms. The van der Waals surface area contributed by atoms with E-state index in [0.29, 0.717) is 25.5 Å². The Bertz CT molecular complexity index is 1130. The molecule has 168 valence electrons. The molecular weight excluding hydrogens is 410 g/mol. The SMILES string of the molecule is CC(C)c1nc(-c2cn3c(n2)-c2cnc(N4CCN(CC(N)=O)CC4)cc2OCC3)n[nH]1. The van der Waals surface area contributed by atoms with Gasteiger partial charge in [0.15, 0.2) is 0 Å². The number of nitrogens with two attached hydrogens (primary N) is 1. The molecule has 3 aromatic rings. The fourth-order valence-corrected chi connectivity index (χ4v) is 4.05.